The third-order valence-electron chi connectivity index (χ3n) is 4.82. The molecule has 0 radical (unpaired) electrons. The van der Waals surface area contributed by atoms with Gasteiger partial charge in [0.25, 0.3) is 0 Å². The van der Waals surface area contributed by atoms with Gasteiger partial charge in [-0.25, -0.2) is 4.79 Å². The maximum atomic E-state index is 12.2. The number of ether oxygens (including phenoxy) is 3. The molecule has 0 aliphatic carbocycles. The molecule has 0 aromatic heterocycles. The molecule has 1 saturated heterocycles. The van der Waals surface area contributed by atoms with E-state index in [1.165, 1.54) is 0 Å². The zero-order valence-corrected chi connectivity index (χ0v) is 15.8. The molecule has 6 heteroatoms. The van der Waals surface area contributed by atoms with E-state index in [1.807, 2.05) is 54.6 Å². The van der Waals surface area contributed by atoms with Gasteiger partial charge in [-0.15, -0.1) is 0 Å². The fourth-order valence-corrected chi connectivity index (χ4v) is 3.26. The van der Waals surface area contributed by atoms with Gasteiger partial charge in [-0.2, -0.15) is 0 Å². The Morgan fingerprint density at radius 1 is 1.11 bits per heavy atom. The SMILES string of the molecule is COc1ccc(N2CC[C@H](NC(=O)OCc3ccccc3)[C@H](OC)C2)cc1. The lowest BCUT2D eigenvalue weighted by atomic mass is 10.0. The minimum Gasteiger partial charge on any atom is -0.497 e. The average Bonchev–Trinajstić information content (AvgIpc) is 2.73. The van der Waals surface area contributed by atoms with E-state index in [4.69, 9.17) is 14.2 Å². The number of carbonyl (C=O) groups is 1. The second-order valence-electron chi connectivity index (χ2n) is 6.52. The normalized spacial score (nSPS) is 19.4. The van der Waals surface area contributed by atoms with E-state index < -0.39 is 6.09 Å². The molecule has 0 saturated carbocycles. The highest BCUT2D eigenvalue weighted by molar-refractivity contribution is 5.67. The Morgan fingerprint density at radius 3 is 2.52 bits per heavy atom. The summed E-state index contributed by atoms with van der Waals surface area (Å²) in [5.41, 5.74) is 2.08. The van der Waals surface area contributed by atoms with Crippen molar-refractivity contribution in [2.45, 2.75) is 25.2 Å². The monoisotopic (exact) mass is 370 g/mol. The van der Waals surface area contributed by atoms with Crippen LogP contribution in [0.25, 0.3) is 0 Å². The van der Waals surface area contributed by atoms with Crippen molar-refractivity contribution < 1.29 is 19.0 Å². The molecule has 2 atom stereocenters. The smallest absolute Gasteiger partial charge is 0.407 e. The lowest BCUT2D eigenvalue weighted by Crippen LogP contribution is -2.55. The predicted octanol–water partition coefficient (Wildman–Crippen LogP) is 3.22. The number of amides is 1. The minimum atomic E-state index is -0.413. The Morgan fingerprint density at radius 2 is 1.85 bits per heavy atom. The van der Waals surface area contributed by atoms with Gasteiger partial charge >= 0.3 is 6.09 Å². The van der Waals surface area contributed by atoms with E-state index in [2.05, 4.69) is 10.2 Å². The second-order valence-corrected chi connectivity index (χ2v) is 6.52. The maximum absolute atomic E-state index is 12.2. The van der Waals surface area contributed by atoms with Gasteiger partial charge in [-0.1, -0.05) is 30.3 Å². The van der Waals surface area contributed by atoms with Crippen molar-refractivity contribution in [3.05, 3.63) is 60.2 Å². The van der Waals surface area contributed by atoms with Crippen LogP contribution in [0, 0.1) is 0 Å². The molecule has 1 N–H and O–H groups in total. The molecular weight excluding hydrogens is 344 g/mol. The number of rotatable bonds is 6. The molecule has 0 bridgehead atoms. The summed E-state index contributed by atoms with van der Waals surface area (Å²) in [6, 6.07) is 17.5. The average molecular weight is 370 g/mol. The highest BCUT2D eigenvalue weighted by atomic mass is 16.5. The minimum absolute atomic E-state index is 0.0761. The van der Waals surface area contributed by atoms with Crippen LogP contribution in [-0.4, -0.2) is 45.5 Å². The first kappa shape index (κ1) is 19.0. The number of alkyl carbamates (subject to hydrolysis) is 1. The van der Waals surface area contributed by atoms with Crippen LogP contribution in [0.5, 0.6) is 5.75 Å². The Hall–Kier alpha value is -2.73. The molecule has 1 aliphatic rings. The molecule has 144 valence electrons. The summed E-state index contributed by atoms with van der Waals surface area (Å²) in [4.78, 5) is 14.4. The van der Waals surface area contributed by atoms with Crippen molar-refractivity contribution in [3.63, 3.8) is 0 Å². The first-order chi connectivity index (χ1) is 13.2. The molecule has 3 rings (SSSR count). The third-order valence-corrected chi connectivity index (χ3v) is 4.82. The molecule has 27 heavy (non-hydrogen) atoms. The topological polar surface area (TPSA) is 60.0 Å². The van der Waals surface area contributed by atoms with E-state index in [0.717, 1.165) is 30.0 Å². The number of nitrogens with one attached hydrogen (secondary N) is 1. The van der Waals surface area contributed by atoms with Crippen LogP contribution >= 0.6 is 0 Å². The summed E-state index contributed by atoms with van der Waals surface area (Å²) in [6.45, 7) is 1.79. The van der Waals surface area contributed by atoms with E-state index in [0.29, 0.717) is 6.54 Å². The van der Waals surface area contributed by atoms with Crippen molar-refractivity contribution in [3.8, 4) is 5.75 Å². The summed E-state index contributed by atoms with van der Waals surface area (Å²) >= 11 is 0. The van der Waals surface area contributed by atoms with Crippen molar-refractivity contribution >= 4 is 11.8 Å². The number of methoxy groups -OCH3 is 2. The van der Waals surface area contributed by atoms with Crippen LogP contribution in [0.4, 0.5) is 10.5 Å². The lowest BCUT2D eigenvalue weighted by molar-refractivity contribution is 0.0546. The number of benzene rings is 2. The molecule has 1 fully saturated rings. The summed E-state index contributed by atoms with van der Waals surface area (Å²) in [5.74, 6) is 0.833. The number of nitrogens with zero attached hydrogens (tertiary/aromatic N) is 1. The van der Waals surface area contributed by atoms with E-state index in [9.17, 15) is 4.79 Å². The number of carbonyl (C=O) groups excluding carboxylic acids is 1. The van der Waals surface area contributed by atoms with E-state index >= 15 is 0 Å². The Labute approximate surface area is 160 Å². The summed E-state index contributed by atoms with van der Waals surface area (Å²) in [5, 5.41) is 2.95. The number of piperidine rings is 1. The standard InChI is InChI=1S/C21H26N2O4/c1-25-18-10-8-17(9-11-18)23-13-12-19(20(14-23)26-2)22-21(24)27-15-16-6-4-3-5-7-16/h3-11,19-20H,12-15H2,1-2H3,(H,22,24)/t19-,20+/m0/s1. The lowest BCUT2D eigenvalue weighted by Gasteiger charge is -2.39. The Kier molecular flexibility index (Phi) is 6.54. The van der Waals surface area contributed by atoms with Crippen LogP contribution in [0.15, 0.2) is 54.6 Å². The van der Waals surface area contributed by atoms with Crippen molar-refractivity contribution in [1.82, 2.24) is 5.32 Å². The van der Waals surface area contributed by atoms with Gasteiger partial charge < -0.3 is 24.4 Å². The van der Waals surface area contributed by atoms with Gasteiger partial charge in [-0.3, -0.25) is 0 Å². The zero-order valence-electron chi connectivity index (χ0n) is 15.8. The third kappa shape index (κ3) is 5.14. The molecular formula is C21H26N2O4. The first-order valence-electron chi connectivity index (χ1n) is 9.08. The molecule has 1 amide bonds. The van der Waals surface area contributed by atoms with Crippen molar-refractivity contribution in [2.24, 2.45) is 0 Å². The van der Waals surface area contributed by atoms with Gasteiger partial charge in [-0.05, 0) is 36.2 Å². The van der Waals surface area contributed by atoms with Gasteiger partial charge in [0.2, 0.25) is 0 Å². The Balaban J connectivity index is 1.52. The van der Waals surface area contributed by atoms with Gasteiger partial charge in [0.15, 0.2) is 0 Å². The number of anilines is 1. The highest BCUT2D eigenvalue weighted by Gasteiger charge is 2.31. The predicted molar refractivity (Wildman–Crippen MR) is 104 cm³/mol. The van der Waals surface area contributed by atoms with Crippen LogP contribution in [0.2, 0.25) is 0 Å². The molecule has 1 aliphatic heterocycles. The molecule has 2 aromatic rings. The summed E-state index contributed by atoms with van der Waals surface area (Å²) in [7, 11) is 3.33. The van der Waals surface area contributed by atoms with Crippen LogP contribution in [0.1, 0.15) is 12.0 Å². The number of hydrogen-bond donors (Lipinski definition) is 1. The first-order valence-corrected chi connectivity index (χ1v) is 9.08. The molecule has 0 unspecified atom stereocenters. The van der Waals surface area contributed by atoms with E-state index in [-0.39, 0.29) is 18.8 Å². The van der Waals surface area contributed by atoms with Gasteiger partial charge in [0.05, 0.1) is 19.3 Å². The second kappa shape index (κ2) is 9.28. The molecule has 0 spiro atoms. The van der Waals surface area contributed by atoms with Gasteiger partial charge in [0, 0.05) is 25.9 Å². The van der Waals surface area contributed by atoms with Crippen molar-refractivity contribution in [2.75, 3.05) is 32.2 Å². The summed E-state index contributed by atoms with van der Waals surface area (Å²) < 4.78 is 16.2. The highest BCUT2D eigenvalue weighted by Crippen LogP contribution is 2.24. The van der Waals surface area contributed by atoms with Crippen LogP contribution in [-0.2, 0) is 16.1 Å². The molecule has 2 aromatic carbocycles. The molecule has 6 nitrogen and oxygen atoms in total. The largest absolute Gasteiger partial charge is 0.497 e. The number of hydrogen-bond acceptors (Lipinski definition) is 5. The van der Waals surface area contributed by atoms with Crippen LogP contribution in [0.3, 0.4) is 0 Å². The van der Waals surface area contributed by atoms with Crippen molar-refractivity contribution in [1.29, 1.82) is 0 Å². The van der Waals surface area contributed by atoms with E-state index in [1.54, 1.807) is 14.2 Å². The fraction of sp³-hybridized carbons (Fsp3) is 0.381. The summed E-state index contributed by atoms with van der Waals surface area (Å²) in [6.07, 6.45) is 0.263. The Bertz CT molecular complexity index is 721. The fourth-order valence-electron chi connectivity index (χ4n) is 3.26. The zero-order chi connectivity index (χ0) is 19.1. The maximum Gasteiger partial charge on any atom is 0.407 e. The quantitative estimate of drug-likeness (QED) is 0.846. The van der Waals surface area contributed by atoms with Gasteiger partial charge in [0.1, 0.15) is 12.4 Å². The van der Waals surface area contributed by atoms with Crippen LogP contribution < -0.4 is 15.0 Å². The molecule has 1 heterocycles.